The Labute approximate surface area is 354 Å². The largest absolute Gasteiger partial charge is 0.463 e. The number of amides is 1. The van der Waals surface area contributed by atoms with Crippen molar-refractivity contribution in [3.8, 4) is 0 Å². The van der Waals surface area contributed by atoms with Gasteiger partial charge in [-0.15, -0.1) is 0 Å². The molecule has 0 spiro atoms. The van der Waals surface area contributed by atoms with E-state index in [1.807, 2.05) is 0 Å². The molecule has 0 aromatic rings. The normalized spacial score (nSPS) is 27.2. The zero-order valence-electron chi connectivity index (χ0n) is 35.2. The number of rotatable bonds is 36. The number of thiol groups is 1. The minimum Gasteiger partial charge on any atom is -0.463 e. The fourth-order valence-corrected chi connectivity index (χ4v) is 6.57. The van der Waals surface area contributed by atoms with Crippen LogP contribution in [0.2, 0.25) is 0 Å². The van der Waals surface area contributed by atoms with Crippen LogP contribution in [0, 0.1) is 0 Å². The number of carbonyl (C=O) groups excluding carboxylic acids is 2. The van der Waals surface area contributed by atoms with Gasteiger partial charge in [-0.3, -0.25) is 9.59 Å². The second-order valence-electron chi connectivity index (χ2n) is 14.2. The highest BCUT2D eigenvalue weighted by Gasteiger charge is 2.52. The molecule has 2 aliphatic rings. The molecule has 0 saturated carbocycles. The summed E-state index contributed by atoms with van der Waals surface area (Å²) in [4.78, 5) is 23.9. The molecule has 2 rings (SSSR count). The van der Waals surface area contributed by atoms with Gasteiger partial charge in [-0.25, -0.2) is 0 Å². The Morgan fingerprint density at radius 2 is 1.07 bits per heavy atom. The molecule has 0 aromatic carbocycles. The van der Waals surface area contributed by atoms with Crippen LogP contribution in [0.4, 0.5) is 0 Å². The van der Waals surface area contributed by atoms with Crippen LogP contribution in [-0.2, 0) is 66.4 Å². The first-order valence-corrected chi connectivity index (χ1v) is 21.5. The van der Waals surface area contributed by atoms with E-state index in [9.17, 15) is 30.0 Å². The summed E-state index contributed by atoms with van der Waals surface area (Å²) < 4.78 is 67.8. The molecular formula is C39H73NO18S. The fraction of sp³-hybridized carbons (Fsp3) is 0.949. The first-order chi connectivity index (χ1) is 28.6. The smallest absolute Gasteiger partial charge is 0.302 e. The second kappa shape index (κ2) is 34.2. The molecule has 348 valence electrons. The molecular weight excluding hydrogens is 802 g/mol. The molecule has 10 unspecified atom stereocenters. The topological polar surface area (TPSA) is 238 Å². The monoisotopic (exact) mass is 875 g/mol. The minimum atomic E-state index is -1.73. The number of ether oxygens (including phenoxy) is 12. The Morgan fingerprint density at radius 1 is 0.593 bits per heavy atom. The summed E-state index contributed by atoms with van der Waals surface area (Å²) in [5.74, 6) is -0.0628. The maximum atomic E-state index is 12.2. The van der Waals surface area contributed by atoms with Gasteiger partial charge >= 0.3 is 5.97 Å². The predicted molar refractivity (Wildman–Crippen MR) is 214 cm³/mol. The molecule has 0 aliphatic carbocycles. The van der Waals surface area contributed by atoms with E-state index in [0.717, 1.165) is 18.8 Å². The number of hydrogen-bond acceptors (Lipinski definition) is 19. The lowest BCUT2D eigenvalue weighted by molar-refractivity contribution is -0.350. The van der Waals surface area contributed by atoms with Gasteiger partial charge in [0.15, 0.2) is 12.6 Å². The highest BCUT2D eigenvalue weighted by Crippen LogP contribution is 2.31. The van der Waals surface area contributed by atoms with Crippen LogP contribution in [0.15, 0.2) is 0 Å². The summed E-state index contributed by atoms with van der Waals surface area (Å²) in [6.07, 6.45) is -2.20. The zero-order chi connectivity index (χ0) is 43.1. The van der Waals surface area contributed by atoms with E-state index in [1.165, 1.54) is 65.9 Å². The van der Waals surface area contributed by atoms with E-state index in [1.54, 1.807) is 0 Å². The van der Waals surface area contributed by atoms with Crippen LogP contribution in [0.25, 0.3) is 0 Å². The summed E-state index contributed by atoms with van der Waals surface area (Å²) in [6, 6.07) is -0.967. The van der Waals surface area contributed by atoms with Crippen molar-refractivity contribution < 1.29 is 86.9 Å². The van der Waals surface area contributed by atoms with Gasteiger partial charge < -0.3 is 82.6 Å². The van der Waals surface area contributed by atoms with E-state index in [0.29, 0.717) is 59.5 Å². The summed E-state index contributed by atoms with van der Waals surface area (Å²) in [5, 5.41) is 43.4. The standard InChI is InChI=1S/C39H73NO18S/c1-28(42)40-32-37(47-3)36(58-39-35(46)34(45)33(44)30(26-41)56-39)31(27-55-29(2)43)57-38(32)54-24-23-53-22-21-52-20-19-51-18-17-50-16-15-49-14-13-48-12-10-8-6-4-5-7-9-11-25-59/h30-39,41,44-46,59H,4-27H2,1-3H3,(H,40,42). The van der Waals surface area contributed by atoms with Crippen molar-refractivity contribution in [3.63, 3.8) is 0 Å². The zero-order valence-corrected chi connectivity index (χ0v) is 36.1. The summed E-state index contributed by atoms with van der Waals surface area (Å²) >= 11 is 4.24. The average Bonchev–Trinajstić information content (AvgIpc) is 3.21. The van der Waals surface area contributed by atoms with E-state index < -0.39 is 79.8 Å². The highest BCUT2D eigenvalue weighted by atomic mass is 32.1. The lowest BCUT2D eigenvalue weighted by Gasteiger charge is -2.48. The van der Waals surface area contributed by atoms with Crippen molar-refractivity contribution in [2.24, 2.45) is 0 Å². The van der Waals surface area contributed by atoms with E-state index in [4.69, 9.17) is 56.8 Å². The van der Waals surface area contributed by atoms with Gasteiger partial charge in [0.1, 0.15) is 55.4 Å². The quantitative estimate of drug-likeness (QED) is 0.0279. The van der Waals surface area contributed by atoms with Crippen molar-refractivity contribution in [3.05, 3.63) is 0 Å². The maximum Gasteiger partial charge on any atom is 0.302 e. The molecule has 2 heterocycles. The van der Waals surface area contributed by atoms with Crippen LogP contribution < -0.4 is 5.32 Å². The van der Waals surface area contributed by atoms with Crippen LogP contribution in [0.5, 0.6) is 0 Å². The van der Waals surface area contributed by atoms with E-state index >= 15 is 0 Å². The van der Waals surface area contributed by atoms with E-state index in [2.05, 4.69) is 17.9 Å². The third-order valence-corrected chi connectivity index (χ3v) is 9.76. The summed E-state index contributed by atoms with van der Waals surface area (Å²) in [5.41, 5.74) is 0. The third-order valence-electron chi connectivity index (χ3n) is 9.45. The third kappa shape index (κ3) is 23.1. The number of nitrogens with one attached hydrogen (secondary N) is 1. The van der Waals surface area contributed by atoms with Gasteiger partial charge in [0, 0.05) is 27.6 Å². The van der Waals surface area contributed by atoms with Gasteiger partial charge in [0.05, 0.1) is 85.9 Å². The summed E-state index contributed by atoms with van der Waals surface area (Å²) in [7, 11) is 1.35. The molecule has 19 nitrogen and oxygen atoms in total. The molecule has 5 N–H and O–H groups in total. The van der Waals surface area contributed by atoms with Crippen LogP contribution >= 0.6 is 12.6 Å². The number of carbonyl (C=O) groups is 2. The number of aliphatic hydroxyl groups is 4. The van der Waals surface area contributed by atoms with Gasteiger partial charge in [-0.1, -0.05) is 38.5 Å². The molecule has 2 fully saturated rings. The fourth-order valence-electron chi connectivity index (χ4n) is 6.35. The number of hydrogen-bond donors (Lipinski definition) is 6. The van der Waals surface area contributed by atoms with Crippen molar-refractivity contribution in [2.45, 2.75) is 127 Å². The molecule has 2 saturated heterocycles. The second-order valence-corrected chi connectivity index (χ2v) is 14.6. The number of unbranched alkanes of at least 4 members (excludes halogenated alkanes) is 7. The Balaban J connectivity index is 1.57. The van der Waals surface area contributed by atoms with Gasteiger partial charge in [-0.05, 0) is 18.6 Å². The Kier molecular flexibility index (Phi) is 31.2. The average molecular weight is 876 g/mol. The van der Waals surface area contributed by atoms with Crippen molar-refractivity contribution in [2.75, 3.05) is 112 Å². The molecule has 59 heavy (non-hydrogen) atoms. The molecule has 0 radical (unpaired) electrons. The summed E-state index contributed by atoms with van der Waals surface area (Å²) in [6.45, 7) is 6.84. The molecule has 0 aromatic heterocycles. The lowest BCUT2D eigenvalue weighted by Crippen LogP contribution is -2.68. The molecule has 1 amide bonds. The first kappa shape index (κ1) is 53.8. The van der Waals surface area contributed by atoms with Crippen molar-refractivity contribution >= 4 is 24.5 Å². The Bertz CT molecular complexity index is 1050. The predicted octanol–water partition coefficient (Wildman–Crippen LogP) is 0.146. The van der Waals surface area contributed by atoms with Gasteiger partial charge in [-0.2, -0.15) is 12.6 Å². The Morgan fingerprint density at radius 3 is 1.54 bits per heavy atom. The SMILES string of the molecule is COC1C(NC(C)=O)C(OCCOCCOCCOCCOCCOCCOCCCCCCCCCCS)OC(COC(C)=O)C1OC1OC(CO)C(O)C(O)C1O. The molecule has 0 bridgehead atoms. The van der Waals surface area contributed by atoms with Gasteiger partial charge in [0.2, 0.25) is 5.91 Å². The first-order valence-electron chi connectivity index (χ1n) is 20.9. The maximum absolute atomic E-state index is 12.2. The van der Waals surface area contributed by atoms with Crippen molar-refractivity contribution in [1.82, 2.24) is 5.32 Å². The lowest BCUT2D eigenvalue weighted by atomic mass is 9.95. The number of methoxy groups -OCH3 is 1. The highest BCUT2D eigenvalue weighted by molar-refractivity contribution is 7.80. The molecule has 2 aliphatic heterocycles. The number of aliphatic hydroxyl groups excluding tert-OH is 4. The minimum absolute atomic E-state index is 0.0373. The Hall–Kier alpha value is -1.31. The number of esters is 1. The molecule has 20 heteroatoms. The van der Waals surface area contributed by atoms with Gasteiger partial charge in [0.25, 0.3) is 0 Å². The van der Waals surface area contributed by atoms with Crippen LogP contribution in [0.3, 0.4) is 0 Å². The van der Waals surface area contributed by atoms with Crippen LogP contribution in [-0.4, -0.2) is 206 Å². The van der Waals surface area contributed by atoms with E-state index in [-0.39, 0.29) is 26.4 Å². The molecule has 10 atom stereocenters. The van der Waals surface area contributed by atoms with Crippen molar-refractivity contribution in [1.29, 1.82) is 0 Å². The van der Waals surface area contributed by atoms with Crippen LogP contribution in [0.1, 0.15) is 65.2 Å².